The van der Waals surface area contributed by atoms with Gasteiger partial charge in [-0.3, -0.25) is 4.79 Å². The molecule has 1 saturated heterocycles. The van der Waals surface area contributed by atoms with Gasteiger partial charge in [-0.2, -0.15) is 15.0 Å². The molecule has 1 aliphatic rings. The zero-order valence-electron chi connectivity index (χ0n) is 15.1. The molecule has 3 rings (SSSR count). The van der Waals surface area contributed by atoms with Crippen LogP contribution in [-0.2, 0) is 6.54 Å². The summed E-state index contributed by atoms with van der Waals surface area (Å²) >= 11 is 0. The number of methoxy groups -OCH3 is 1. The van der Waals surface area contributed by atoms with E-state index in [0.29, 0.717) is 23.9 Å². The highest BCUT2D eigenvalue weighted by atomic mass is 16.5. The van der Waals surface area contributed by atoms with Crippen LogP contribution in [0.5, 0.6) is 11.8 Å². The van der Waals surface area contributed by atoms with Crippen molar-refractivity contribution >= 4 is 11.9 Å². The summed E-state index contributed by atoms with van der Waals surface area (Å²) in [4.78, 5) is 27.4. The first-order valence-electron chi connectivity index (χ1n) is 8.74. The molecule has 8 heteroatoms. The summed E-state index contributed by atoms with van der Waals surface area (Å²) in [6.07, 6.45) is 2.25. The normalized spacial score (nSPS) is 13.5. The Morgan fingerprint density at radius 1 is 1.15 bits per heavy atom. The molecule has 8 nitrogen and oxygen atoms in total. The molecule has 138 valence electrons. The standard InChI is InChI=1S/C18H23N5O3/c1-3-26-14-8-6-13(7-9-14)16(24)19-12-15-20-17(22-18(21-15)25-2)23-10-4-5-11-23/h6-9H,3-5,10-12H2,1-2H3,(H,19,24). The van der Waals surface area contributed by atoms with Gasteiger partial charge in [0.2, 0.25) is 5.95 Å². The molecule has 26 heavy (non-hydrogen) atoms. The molecule has 1 aromatic carbocycles. The van der Waals surface area contributed by atoms with Crippen molar-refractivity contribution in [2.75, 3.05) is 31.7 Å². The van der Waals surface area contributed by atoms with Crippen LogP contribution in [0.3, 0.4) is 0 Å². The van der Waals surface area contributed by atoms with Crippen LogP contribution in [0.4, 0.5) is 5.95 Å². The van der Waals surface area contributed by atoms with Gasteiger partial charge < -0.3 is 19.7 Å². The quantitative estimate of drug-likeness (QED) is 0.808. The average molecular weight is 357 g/mol. The lowest BCUT2D eigenvalue weighted by Gasteiger charge is -2.16. The number of nitrogens with zero attached hydrogens (tertiary/aromatic N) is 4. The molecule has 0 aliphatic carbocycles. The number of hydrogen-bond acceptors (Lipinski definition) is 7. The molecular weight excluding hydrogens is 334 g/mol. The van der Waals surface area contributed by atoms with Crippen LogP contribution in [0, 0.1) is 0 Å². The Morgan fingerprint density at radius 3 is 2.54 bits per heavy atom. The summed E-state index contributed by atoms with van der Waals surface area (Å²) in [5.74, 6) is 1.61. The molecule has 1 aliphatic heterocycles. The Balaban J connectivity index is 1.66. The number of amides is 1. The van der Waals surface area contributed by atoms with Gasteiger partial charge in [0.1, 0.15) is 5.75 Å². The fraction of sp³-hybridized carbons (Fsp3) is 0.444. The number of rotatable bonds is 7. The smallest absolute Gasteiger partial charge is 0.321 e. The highest BCUT2D eigenvalue weighted by Crippen LogP contribution is 2.18. The van der Waals surface area contributed by atoms with Crippen molar-refractivity contribution < 1.29 is 14.3 Å². The number of carbonyl (C=O) groups excluding carboxylic acids is 1. The van der Waals surface area contributed by atoms with Crippen molar-refractivity contribution in [2.24, 2.45) is 0 Å². The van der Waals surface area contributed by atoms with E-state index in [1.54, 1.807) is 24.3 Å². The molecule has 2 aromatic rings. The number of ether oxygens (including phenoxy) is 2. The van der Waals surface area contributed by atoms with Gasteiger partial charge >= 0.3 is 6.01 Å². The van der Waals surface area contributed by atoms with E-state index < -0.39 is 0 Å². The molecule has 0 radical (unpaired) electrons. The maximum atomic E-state index is 12.3. The van der Waals surface area contributed by atoms with Gasteiger partial charge in [-0.25, -0.2) is 0 Å². The van der Waals surface area contributed by atoms with Gasteiger partial charge in [0.05, 0.1) is 20.3 Å². The van der Waals surface area contributed by atoms with E-state index in [9.17, 15) is 4.79 Å². The van der Waals surface area contributed by atoms with E-state index in [0.717, 1.165) is 31.7 Å². The summed E-state index contributed by atoms with van der Waals surface area (Å²) in [5, 5.41) is 2.83. The van der Waals surface area contributed by atoms with Crippen LogP contribution in [0.1, 0.15) is 35.9 Å². The summed E-state index contributed by atoms with van der Waals surface area (Å²) in [6.45, 7) is 4.55. The number of anilines is 1. The van der Waals surface area contributed by atoms with Crippen LogP contribution in [0.2, 0.25) is 0 Å². The topological polar surface area (TPSA) is 89.5 Å². The van der Waals surface area contributed by atoms with E-state index in [1.807, 2.05) is 6.92 Å². The Bertz CT molecular complexity index is 745. The fourth-order valence-corrected chi connectivity index (χ4v) is 2.75. The van der Waals surface area contributed by atoms with Crippen LogP contribution in [0.25, 0.3) is 0 Å². The fourth-order valence-electron chi connectivity index (χ4n) is 2.75. The van der Waals surface area contributed by atoms with Gasteiger partial charge in [0.15, 0.2) is 5.82 Å². The van der Waals surface area contributed by atoms with E-state index >= 15 is 0 Å². The number of aromatic nitrogens is 3. The van der Waals surface area contributed by atoms with Crippen LogP contribution in [-0.4, -0.2) is 47.7 Å². The zero-order valence-corrected chi connectivity index (χ0v) is 15.1. The first-order chi connectivity index (χ1) is 12.7. The average Bonchev–Trinajstić information content (AvgIpc) is 3.21. The number of hydrogen-bond donors (Lipinski definition) is 1. The minimum atomic E-state index is -0.199. The summed E-state index contributed by atoms with van der Waals surface area (Å²) in [6, 6.07) is 7.26. The molecule has 2 heterocycles. The molecule has 1 N–H and O–H groups in total. The molecule has 1 fully saturated rings. The number of benzene rings is 1. The maximum Gasteiger partial charge on any atom is 0.321 e. The van der Waals surface area contributed by atoms with Gasteiger partial charge in [0, 0.05) is 18.7 Å². The van der Waals surface area contributed by atoms with Crippen LogP contribution >= 0.6 is 0 Å². The molecule has 0 bridgehead atoms. The number of carbonyl (C=O) groups is 1. The molecule has 0 atom stereocenters. The highest BCUT2D eigenvalue weighted by Gasteiger charge is 2.18. The molecule has 1 amide bonds. The second kappa shape index (κ2) is 8.46. The zero-order chi connectivity index (χ0) is 18.4. The third-order valence-electron chi connectivity index (χ3n) is 4.06. The molecule has 0 saturated carbocycles. The van der Waals surface area contributed by atoms with Gasteiger partial charge in [-0.15, -0.1) is 0 Å². The van der Waals surface area contributed by atoms with E-state index in [1.165, 1.54) is 7.11 Å². The predicted molar refractivity (Wildman–Crippen MR) is 96.6 cm³/mol. The van der Waals surface area contributed by atoms with Gasteiger partial charge in [-0.1, -0.05) is 0 Å². The maximum absolute atomic E-state index is 12.3. The predicted octanol–water partition coefficient (Wildman–Crippen LogP) is 1.81. The van der Waals surface area contributed by atoms with Crippen molar-refractivity contribution in [1.29, 1.82) is 0 Å². The second-order valence-electron chi connectivity index (χ2n) is 5.87. The van der Waals surface area contributed by atoms with Crippen molar-refractivity contribution in [3.05, 3.63) is 35.7 Å². The summed E-state index contributed by atoms with van der Waals surface area (Å²) in [7, 11) is 1.52. The lowest BCUT2D eigenvalue weighted by Crippen LogP contribution is -2.26. The largest absolute Gasteiger partial charge is 0.494 e. The van der Waals surface area contributed by atoms with Crippen molar-refractivity contribution in [2.45, 2.75) is 26.3 Å². The third kappa shape index (κ3) is 4.38. The van der Waals surface area contributed by atoms with Gasteiger partial charge in [0.25, 0.3) is 5.91 Å². The van der Waals surface area contributed by atoms with Crippen LogP contribution < -0.4 is 19.7 Å². The summed E-state index contributed by atoms with van der Waals surface area (Å²) in [5.41, 5.74) is 0.550. The minimum absolute atomic E-state index is 0.199. The van der Waals surface area contributed by atoms with Crippen LogP contribution in [0.15, 0.2) is 24.3 Å². The van der Waals surface area contributed by atoms with Crippen molar-refractivity contribution in [3.63, 3.8) is 0 Å². The van der Waals surface area contributed by atoms with Gasteiger partial charge in [-0.05, 0) is 44.0 Å². The Labute approximate surface area is 152 Å². The Morgan fingerprint density at radius 2 is 1.88 bits per heavy atom. The molecular formula is C18H23N5O3. The second-order valence-corrected chi connectivity index (χ2v) is 5.87. The summed E-state index contributed by atoms with van der Waals surface area (Å²) < 4.78 is 10.5. The molecule has 0 spiro atoms. The molecule has 1 aromatic heterocycles. The first kappa shape index (κ1) is 17.9. The first-order valence-corrected chi connectivity index (χ1v) is 8.74. The van der Waals surface area contributed by atoms with E-state index in [-0.39, 0.29) is 18.5 Å². The highest BCUT2D eigenvalue weighted by molar-refractivity contribution is 5.94. The van der Waals surface area contributed by atoms with E-state index in [4.69, 9.17) is 9.47 Å². The monoisotopic (exact) mass is 357 g/mol. The Kier molecular flexibility index (Phi) is 5.83. The lowest BCUT2D eigenvalue weighted by molar-refractivity contribution is 0.0949. The minimum Gasteiger partial charge on any atom is -0.494 e. The van der Waals surface area contributed by atoms with Crippen molar-refractivity contribution in [1.82, 2.24) is 20.3 Å². The molecule has 0 unspecified atom stereocenters. The SMILES string of the molecule is CCOc1ccc(C(=O)NCc2nc(OC)nc(N3CCCC3)n2)cc1. The van der Waals surface area contributed by atoms with Crippen molar-refractivity contribution in [3.8, 4) is 11.8 Å². The third-order valence-corrected chi connectivity index (χ3v) is 4.06. The lowest BCUT2D eigenvalue weighted by atomic mass is 10.2. The Hall–Kier alpha value is -2.90. The number of nitrogens with one attached hydrogen (secondary N) is 1. The van der Waals surface area contributed by atoms with E-state index in [2.05, 4.69) is 25.2 Å².